The van der Waals surface area contributed by atoms with Gasteiger partial charge in [0, 0.05) is 12.6 Å². The first-order chi connectivity index (χ1) is 9.16. The second kappa shape index (κ2) is 6.92. The molecule has 1 saturated carbocycles. The maximum atomic E-state index is 9.97. The molecule has 1 aromatic rings. The van der Waals surface area contributed by atoms with Gasteiger partial charge in [-0.2, -0.15) is 0 Å². The third-order valence-electron chi connectivity index (χ3n) is 3.83. The third kappa shape index (κ3) is 4.22. The molecule has 0 aliphatic heterocycles. The molecule has 1 fully saturated rings. The normalized spacial score (nSPS) is 17.6. The molecule has 19 heavy (non-hydrogen) atoms. The topological polar surface area (TPSA) is 41.5 Å². The van der Waals surface area contributed by atoms with Crippen LogP contribution in [-0.4, -0.2) is 30.4 Å². The highest BCUT2D eigenvalue weighted by Gasteiger charge is 2.16. The van der Waals surface area contributed by atoms with Gasteiger partial charge in [-0.05, 0) is 37.8 Å². The van der Waals surface area contributed by atoms with E-state index in [2.05, 4.69) is 5.32 Å². The summed E-state index contributed by atoms with van der Waals surface area (Å²) in [6.45, 7) is 5.04. The molecule has 3 heteroatoms. The van der Waals surface area contributed by atoms with E-state index in [0.717, 1.165) is 16.9 Å². The fourth-order valence-corrected chi connectivity index (χ4v) is 2.70. The molecule has 1 unspecified atom stereocenters. The molecule has 0 aromatic heterocycles. The van der Waals surface area contributed by atoms with Crippen molar-refractivity contribution < 1.29 is 9.84 Å². The Morgan fingerprint density at radius 2 is 1.89 bits per heavy atom. The number of benzene rings is 1. The van der Waals surface area contributed by atoms with Crippen LogP contribution in [0.5, 0.6) is 5.75 Å². The van der Waals surface area contributed by atoms with Crippen LogP contribution >= 0.6 is 0 Å². The first kappa shape index (κ1) is 14.4. The summed E-state index contributed by atoms with van der Waals surface area (Å²) >= 11 is 0. The monoisotopic (exact) mass is 263 g/mol. The smallest absolute Gasteiger partial charge is 0.125 e. The minimum Gasteiger partial charge on any atom is -0.490 e. The zero-order valence-electron chi connectivity index (χ0n) is 12.0. The molecule has 1 aliphatic carbocycles. The lowest BCUT2D eigenvalue weighted by Gasteiger charge is -2.18. The molecule has 0 radical (unpaired) electrons. The van der Waals surface area contributed by atoms with Gasteiger partial charge in [-0.25, -0.2) is 0 Å². The Hall–Kier alpha value is -1.06. The molecule has 1 aliphatic rings. The second-order valence-corrected chi connectivity index (χ2v) is 5.58. The lowest BCUT2D eigenvalue weighted by atomic mass is 10.1. The first-order valence-corrected chi connectivity index (χ1v) is 7.27. The van der Waals surface area contributed by atoms with Gasteiger partial charge in [0.1, 0.15) is 18.5 Å². The van der Waals surface area contributed by atoms with Crippen molar-refractivity contribution in [1.82, 2.24) is 5.32 Å². The van der Waals surface area contributed by atoms with Gasteiger partial charge in [-0.1, -0.05) is 31.0 Å². The van der Waals surface area contributed by atoms with E-state index in [-0.39, 0.29) is 0 Å². The number of nitrogens with one attached hydrogen (secondary N) is 1. The number of aliphatic hydroxyl groups excluding tert-OH is 1. The van der Waals surface area contributed by atoms with E-state index in [1.54, 1.807) is 0 Å². The van der Waals surface area contributed by atoms with Crippen molar-refractivity contribution >= 4 is 0 Å². The molecule has 1 aromatic carbocycles. The maximum Gasteiger partial charge on any atom is 0.125 e. The van der Waals surface area contributed by atoms with Crippen LogP contribution < -0.4 is 10.1 Å². The highest BCUT2D eigenvalue weighted by Crippen LogP contribution is 2.22. The predicted molar refractivity (Wildman–Crippen MR) is 77.7 cm³/mol. The van der Waals surface area contributed by atoms with Crippen LogP contribution in [0.4, 0.5) is 0 Å². The van der Waals surface area contributed by atoms with Gasteiger partial charge in [0.15, 0.2) is 0 Å². The maximum absolute atomic E-state index is 9.97. The Bertz CT molecular complexity index is 379. The summed E-state index contributed by atoms with van der Waals surface area (Å²) in [5.74, 6) is 0.905. The zero-order valence-corrected chi connectivity index (χ0v) is 12.0. The molecule has 2 N–H and O–H groups in total. The van der Waals surface area contributed by atoms with Crippen LogP contribution in [0.25, 0.3) is 0 Å². The van der Waals surface area contributed by atoms with Gasteiger partial charge in [0.25, 0.3) is 0 Å². The van der Waals surface area contributed by atoms with Crippen LogP contribution in [0.3, 0.4) is 0 Å². The predicted octanol–water partition coefficient (Wildman–Crippen LogP) is 2.58. The Morgan fingerprint density at radius 3 is 2.53 bits per heavy atom. The molecule has 2 rings (SSSR count). The number of aryl methyl sites for hydroxylation is 2. The van der Waals surface area contributed by atoms with Gasteiger partial charge >= 0.3 is 0 Å². The summed E-state index contributed by atoms with van der Waals surface area (Å²) in [6, 6.07) is 6.68. The van der Waals surface area contributed by atoms with Gasteiger partial charge in [-0.3, -0.25) is 0 Å². The minimum absolute atomic E-state index is 0.353. The highest BCUT2D eigenvalue weighted by molar-refractivity contribution is 5.39. The van der Waals surface area contributed by atoms with E-state index >= 15 is 0 Å². The van der Waals surface area contributed by atoms with Gasteiger partial charge < -0.3 is 15.2 Å². The number of rotatable bonds is 6. The van der Waals surface area contributed by atoms with E-state index in [0.29, 0.717) is 19.2 Å². The lowest BCUT2D eigenvalue weighted by molar-refractivity contribution is 0.103. The van der Waals surface area contributed by atoms with Crippen LogP contribution in [-0.2, 0) is 0 Å². The lowest BCUT2D eigenvalue weighted by Crippen LogP contribution is -2.36. The van der Waals surface area contributed by atoms with Crippen molar-refractivity contribution in [3.05, 3.63) is 29.3 Å². The largest absolute Gasteiger partial charge is 0.490 e. The number of hydrogen-bond donors (Lipinski definition) is 2. The van der Waals surface area contributed by atoms with Gasteiger partial charge in [0.05, 0.1) is 0 Å². The van der Waals surface area contributed by atoms with E-state index in [9.17, 15) is 5.11 Å². The average Bonchev–Trinajstić information content (AvgIpc) is 2.89. The summed E-state index contributed by atoms with van der Waals surface area (Å²) in [7, 11) is 0. The molecule has 0 spiro atoms. The van der Waals surface area contributed by atoms with Crippen molar-refractivity contribution in [2.45, 2.75) is 51.7 Å². The minimum atomic E-state index is -0.445. The summed E-state index contributed by atoms with van der Waals surface area (Å²) < 4.78 is 5.75. The van der Waals surface area contributed by atoms with Crippen LogP contribution in [0.2, 0.25) is 0 Å². The number of ether oxygens (including phenoxy) is 1. The van der Waals surface area contributed by atoms with Crippen LogP contribution in [0, 0.1) is 13.8 Å². The van der Waals surface area contributed by atoms with Crippen molar-refractivity contribution in [2.24, 2.45) is 0 Å². The third-order valence-corrected chi connectivity index (χ3v) is 3.83. The average molecular weight is 263 g/mol. The number of aliphatic hydroxyl groups is 1. The van der Waals surface area contributed by atoms with Crippen LogP contribution in [0.1, 0.15) is 36.8 Å². The quantitative estimate of drug-likeness (QED) is 0.829. The second-order valence-electron chi connectivity index (χ2n) is 5.58. The fraction of sp³-hybridized carbons (Fsp3) is 0.625. The number of para-hydroxylation sites is 1. The zero-order chi connectivity index (χ0) is 13.7. The summed E-state index contributed by atoms with van der Waals surface area (Å²) in [4.78, 5) is 0. The van der Waals surface area contributed by atoms with Gasteiger partial charge in [-0.15, -0.1) is 0 Å². The Balaban J connectivity index is 1.75. The summed E-state index contributed by atoms with van der Waals surface area (Å²) in [6.07, 6.45) is 4.66. The highest BCUT2D eigenvalue weighted by atomic mass is 16.5. The molecule has 0 bridgehead atoms. The molecule has 0 saturated heterocycles. The van der Waals surface area contributed by atoms with E-state index in [4.69, 9.17) is 4.74 Å². The van der Waals surface area contributed by atoms with Gasteiger partial charge in [0.2, 0.25) is 0 Å². The first-order valence-electron chi connectivity index (χ1n) is 7.27. The van der Waals surface area contributed by atoms with E-state index in [1.165, 1.54) is 25.7 Å². The SMILES string of the molecule is Cc1cccc(C)c1OCC(O)CNC1CCCC1. The van der Waals surface area contributed by atoms with Crippen molar-refractivity contribution in [2.75, 3.05) is 13.2 Å². The summed E-state index contributed by atoms with van der Waals surface area (Å²) in [5, 5.41) is 13.4. The van der Waals surface area contributed by atoms with E-state index in [1.807, 2.05) is 32.0 Å². The van der Waals surface area contributed by atoms with Crippen molar-refractivity contribution in [1.29, 1.82) is 0 Å². The standard InChI is InChI=1S/C16H25NO2/c1-12-6-5-7-13(2)16(12)19-11-15(18)10-17-14-8-3-4-9-14/h5-7,14-15,17-18H,3-4,8-11H2,1-2H3. The Morgan fingerprint density at radius 1 is 1.26 bits per heavy atom. The van der Waals surface area contributed by atoms with E-state index < -0.39 is 6.10 Å². The molecular formula is C16H25NO2. The Kier molecular flexibility index (Phi) is 5.23. The molecule has 1 atom stereocenters. The summed E-state index contributed by atoms with van der Waals surface area (Å²) in [5.41, 5.74) is 2.24. The fourth-order valence-electron chi connectivity index (χ4n) is 2.70. The van der Waals surface area contributed by atoms with Crippen LogP contribution in [0.15, 0.2) is 18.2 Å². The van der Waals surface area contributed by atoms with Crippen molar-refractivity contribution in [3.8, 4) is 5.75 Å². The molecular weight excluding hydrogens is 238 g/mol. The molecule has 106 valence electrons. The Labute approximate surface area is 116 Å². The molecule has 0 heterocycles. The number of hydrogen-bond acceptors (Lipinski definition) is 3. The van der Waals surface area contributed by atoms with Crippen molar-refractivity contribution in [3.63, 3.8) is 0 Å². The molecule has 3 nitrogen and oxygen atoms in total. The molecule has 0 amide bonds.